The maximum absolute atomic E-state index is 12.8. The van der Waals surface area contributed by atoms with Gasteiger partial charge in [-0.25, -0.2) is 4.98 Å². The summed E-state index contributed by atoms with van der Waals surface area (Å²) in [7, 11) is -1.86. The van der Waals surface area contributed by atoms with Crippen LogP contribution in [0.5, 0.6) is 5.75 Å². The van der Waals surface area contributed by atoms with Crippen molar-refractivity contribution in [3.63, 3.8) is 0 Å². The number of thiazole rings is 1. The number of benzene rings is 2. The summed E-state index contributed by atoms with van der Waals surface area (Å²) in [5.74, 6) is 1.66. The molecule has 0 unspecified atom stereocenters. The number of nitrogens with zero attached hydrogens (tertiary/aromatic N) is 1. The van der Waals surface area contributed by atoms with Crippen molar-refractivity contribution in [2.75, 3.05) is 0 Å². The summed E-state index contributed by atoms with van der Waals surface area (Å²) < 4.78 is 44.7. The Hall–Kier alpha value is -1.77. The Morgan fingerprint density at radius 2 is 1.56 bits per heavy atom. The van der Waals surface area contributed by atoms with Gasteiger partial charge in [-0.15, -0.1) is 23.1 Å². The van der Waals surface area contributed by atoms with Crippen molar-refractivity contribution in [1.29, 1.82) is 0 Å². The molecule has 0 N–H and O–H groups in total. The third-order valence-corrected chi connectivity index (χ3v) is 12.5. The molecule has 0 atom stereocenters. The van der Waals surface area contributed by atoms with Crippen molar-refractivity contribution in [3.05, 3.63) is 64.7 Å². The van der Waals surface area contributed by atoms with E-state index in [-0.39, 0.29) is 5.04 Å². The second kappa shape index (κ2) is 9.23. The molecule has 1 aromatic heterocycles. The quantitative estimate of drug-likeness (QED) is 0.252. The van der Waals surface area contributed by atoms with Gasteiger partial charge >= 0.3 is 6.18 Å². The van der Waals surface area contributed by atoms with Crippen LogP contribution in [0.15, 0.2) is 53.4 Å². The molecule has 0 fully saturated rings. The number of alkyl halides is 3. The van der Waals surface area contributed by atoms with Gasteiger partial charge in [0.15, 0.2) is 0 Å². The molecule has 0 saturated heterocycles. The van der Waals surface area contributed by atoms with Crippen LogP contribution in [0.25, 0.3) is 10.6 Å². The number of aromatic nitrogens is 1. The third kappa shape index (κ3) is 5.97. The minimum absolute atomic E-state index is 0.148. The maximum atomic E-state index is 12.8. The Balaban J connectivity index is 1.65. The molecule has 0 radical (unpaired) electrons. The van der Waals surface area contributed by atoms with Crippen LogP contribution in [0.4, 0.5) is 13.2 Å². The molecule has 172 valence electrons. The topological polar surface area (TPSA) is 22.1 Å². The van der Waals surface area contributed by atoms with E-state index in [1.807, 2.05) is 19.1 Å². The Kier molecular flexibility index (Phi) is 7.17. The van der Waals surface area contributed by atoms with E-state index in [1.165, 1.54) is 23.5 Å². The average molecular weight is 496 g/mol. The SMILES string of the molecule is Cc1nc(-c2ccc(C(F)(F)F)cc2)sc1CSc1ccc(O[Si](C)(C)C(C)(C)C)cc1. The van der Waals surface area contributed by atoms with Crippen LogP contribution in [-0.2, 0) is 11.9 Å². The molecule has 3 aromatic rings. The fourth-order valence-corrected chi connectivity index (χ4v) is 5.83. The molecule has 0 aliphatic heterocycles. The molecule has 3 rings (SSSR count). The third-order valence-electron chi connectivity index (χ3n) is 5.72. The lowest BCUT2D eigenvalue weighted by Crippen LogP contribution is -2.43. The van der Waals surface area contributed by atoms with Gasteiger partial charge < -0.3 is 4.43 Å². The summed E-state index contributed by atoms with van der Waals surface area (Å²) in [5, 5.41) is 0.888. The van der Waals surface area contributed by atoms with Crippen LogP contribution in [0, 0.1) is 6.92 Å². The maximum Gasteiger partial charge on any atom is 0.416 e. The molecular formula is C24H28F3NOS2Si. The first-order chi connectivity index (χ1) is 14.8. The van der Waals surface area contributed by atoms with Crippen molar-refractivity contribution in [2.45, 2.75) is 62.7 Å². The molecule has 0 aliphatic rings. The molecule has 2 nitrogen and oxygen atoms in total. The van der Waals surface area contributed by atoms with Crippen LogP contribution >= 0.6 is 23.1 Å². The van der Waals surface area contributed by atoms with E-state index in [1.54, 1.807) is 11.8 Å². The first kappa shape index (κ1) is 24.9. The normalized spacial score (nSPS) is 12.8. The summed E-state index contributed by atoms with van der Waals surface area (Å²) >= 11 is 3.24. The lowest BCUT2D eigenvalue weighted by atomic mass is 10.1. The summed E-state index contributed by atoms with van der Waals surface area (Å²) in [6.07, 6.45) is -4.33. The first-order valence-electron chi connectivity index (χ1n) is 10.3. The minimum atomic E-state index is -4.33. The molecule has 32 heavy (non-hydrogen) atoms. The van der Waals surface area contributed by atoms with E-state index >= 15 is 0 Å². The zero-order valence-corrected chi connectivity index (χ0v) is 21.8. The fourth-order valence-electron chi connectivity index (χ4n) is 2.69. The van der Waals surface area contributed by atoms with Gasteiger partial charge in [0.2, 0.25) is 8.32 Å². The van der Waals surface area contributed by atoms with Crippen molar-refractivity contribution in [1.82, 2.24) is 4.98 Å². The molecule has 8 heteroatoms. The molecule has 0 saturated carbocycles. The van der Waals surface area contributed by atoms with Crippen LogP contribution in [0.2, 0.25) is 18.1 Å². The molecular weight excluding hydrogens is 467 g/mol. The number of rotatable bonds is 6. The molecule has 0 spiro atoms. The highest BCUT2D eigenvalue weighted by atomic mass is 32.2. The lowest BCUT2D eigenvalue weighted by Gasteiger charge is -2.36. The monoisotopic (exact) mass is 495 g/mol. The van der Waals surface area contributed by atoms with Gasteiger partial charge in [0.05, 0.1) is 11.3 Å². The predicted octanol–water partition coefficient (Wildman–Crippen LogP) is 8.81. The summed E-state index contributed by atoms with van der Waals surface area (Å²) in [4.78, 5) is 6.82. The predicted molar refractivity (Wildman–Crippen MR) is 131 cm³/mol. The second-order valence-corrected chi connectivity index (χ2v) is 16.1. The Bertz CT molecular complexity index is 1050. The Labute approximate surface area is 197 Å². The molecule has 0 amide bonds. The summed E-state index contributed by atoms with van der Waals surface area (Å²) in [5.41, 5.74) is 0.969. The van der Waals surface area contributed by atoms with E-state index in [9.17, 15) is 13.2 Å². The standard InChI is InChI=1S/C24H28F3NOS2Si/c1-16-21(31-22(28-16)17-7-9-18(10-8-17)24(25,26)27)15-30-20-13-11-19(12-14-20)29-32(5,6)23(2,3)4/h7-14H,15H2,1-6H3. The number of halogens is 3. The Morgan fingerprint density at radius 3 is 2.09 bits per heavy atom. The first-order valence-corrected chi connectivity index (χ1v) is 15.0. The zero-order valence-electron chi connectivity index (χ0n) is 19.1. The largest absolute Gasteiger partial charge is 0.544 e. The number of hydrogen-bond donors (Lipinski definition) is 0. The summed E-state index contributed by atoms with van der Waals surface area (Å²) in [6.45, 7) is 13.1. The van der Waals surface area contributed by atoms with Gasteiger partial charge in [0.25, 0.3) is 0 Å². The highest BCUT2D eigenvalue weighted by Crippen LogP contribution is 2.38. The van der Waals surface area contributed by atoms with Gasteiger partial charge in [-0.2, -0.15) is 13.2 Å². The van der Waals surface area contributed by atoms with Gasteiger partial charge in [-0.3, -0.25) is 0 Å². The van der Waals surface area contributed by atoms with Gasteiger partial charge in [0.1, 0.15) is 10.8 Å². The number of thioether (sulfide) groups is 1. The van der Waals surface area contributed by atoms with Crippen molar-refractivity contribution >= 4 is 31.4 Å². The van der Waals surface area contributed by atoms with Crippen molar-refractivity contribution in [2.24, 2.45) is 0 Å². The average Bonchev–Trinajstić information content (AvgIpc) is 3.06. The van der Waals surface area contributed by atoms with Gasteiger partial charge in [-0.05, 0) is 61.5 Å². The van der Waals surface area contributed by atoms with Crippen molar-refractivity contribution in [3.8, 4) is 16.3 Å². The highest BCUT2D eigenvalue weighted by Gasteiger charge is 2.38. The van der Waals surface area contributed by atoms with Crippen LogP contribution in [0.1, 0.15) is 36.9 Å². The summed E-state index contributed by atoms with van der Waals surface area (Å²) in [6, 6.07) is 13.4. The van der Waals surface area contributed by atoms with Crippen LogP contribution in [-0.4, -0.2) is 13.3 Å². The fraction of sp³-hybridized carbons (Fsp3) is 0.375. The van der Waals surface area contributed by atoms with Crippen LogP contribution < -0.4 is 4.43 Å². The molecule has 2 aromatic carbocycles. The van der Waals surface area contributed by atoms with Gasteiger partial charge in [0, 0.05) is 21.1 Å². The van der Waals surface area contributed by atoms with Crippen molar-refractivity contribution < 1.29 is 17.6 Å². The van der Waals surface area contributed by atoms with E-state index in [4.69, 9.17) is 4.43 Å². The lowest BCUT2D eigenvalue weighted by molar-refractivity contribution is -0.137. The Morgan fingerprint density at radius 1 is 0.969 bits per heavy atom. The molecule has 0 bridgehead atoms. The smallest absolute Gasteiger partial charge is 0.416 e. The second-order valence-electron chi connectivity index (χ2n) is 9.23. The molecule has 0 aliphatic carbocycles. The number of hydrogen-bond acceptors (Lipinski definition) is 4. The van der Waals surface area contributed by atoms with E-state index in [0.717, 1.165) is 44.1 Å². The zero-order chi connectivity index (χ0) is 23.7. The number of aryl methyl sites for hydroxylation is 1. The van der Waals surface area contributed by atoms with E-state index in [0.29, 0.717) is 5.56 Å². The van der Waals surface area contributed by atoms with E-state index < -0.39 is 20.1 Å². The highest BCUT2D eigenvalue weighted by molar-refractivity contribution is 7.98. The van der Waals surface area contributed by atoms with Gasteiger partial charge in [-0.1, -0.05) is 32.9 Å². The van der Waals surface area contributed by atoms with Crippen LogP contribution in [0.3, 0.4) is 0 Å². The van der Waals surface area contributed by atoms with E-state index in [2.05, 4.69) is 51.0 Å². The minimum Gasteiger partial charge on any atom is -0.544 e. The molecule has 1 heterocycles.